The summed E-state index contributed by atoms with van der Waals surface area (Å²) in [6.07, 6.45) is 9.02. The van der Waals surface area contributed by atoms with Crippen LogP contribution in [-0.4, -0.2) is 29.6 Å². The minimum atomic E-state index is 0.451. The molecule has 0 amide bonds. The Balaban J connectivity index is 2.52. The maximum Gasteiger partial charge on any atom is 0.0113 e. The van der Waals surface area contributed by atoms with Crippen LogP contribution in [0.1, 0.15) is 65.7 Å². The van der Waals surface area contributed by atoms with Crippen LogP contribution in [-0.2, 0) is 0 Å². The van der Waals surface area contributed by atoms with Crippen molar-refractivity contribution in [2.45, 2.75) is 83.8 Å². The molecule has 1 rings (SSSR count). The molecule has 0 spiro atoms. The van der Waals surface area contributed by atoms with Gasteiger partial charge in [-0.2, -0.15) is 0 Å². The second-order valence-corrected chi connectivity index (χ2v) is 5.43. The Morgan fingerprint density at radius 3 is 2.62 bits per heavy atom. The molecule has 2 nitrogen and oxygen atoms in total. The summed E-state index contributed by atoms with van der Waals surface area (Å²) < 4.78 is 0. The maximum atomic E-state index is 6.11. The van der Waals surface area contributed by atoms with E-state index in [1.165, 1.54) is 51.5 Å². The summed E-state index contributed by atoms with van der Waals surface area (Å²) >= 11 is 0. The molecule has 1 aliphatic carbocycles. The number of unbranched alkanes of at least 4 members (excludes halogenated alkanes) is 1. The molecule has 0 heterocycles. The van der Waals surface area contributed by atoms with Crippen LogP contribution in [0.15, 0.2) is 0 Å². The quantitative estimate of drug-likeness (QED) is 0.754. The fraction of sp³-hybridized carbons (Fsp3) is 1.00. The van der Waals surface area contributed by atoms with Gasteiger partial charge in [-0.15, -0.1) is 0 Å². The molecule has 0 aromatic heterocycles. The summed E-state index contributed by atoms with van der Waals surface area (Å²) in [7, 11) is 0. The van der Waals surface area contributed by atoms with Crippen LogP contribution in [0.25, 0.3) is 0 Å². The van der Waals surface area contributed by atoms with Crippen molar-refractivity contribution >= 4 is 0 Å². The monoisotopic (exact) mass is 226 g/mol. The van der Waals surface area contributed by atoms with E-state index in [1.807, 2.05) is 0 Å². The first-order valence-corrected chi connectivity index (χ1v) is 7.20. The summed E-state index contributed by atoms with van der Waals surface area (Å²) in [6.45, 7) is 8.21. The zero-order valence-electron chi connectivity index (χ0n) is 11.4. The Morgan fingerprint density at radius 1 is 1.31 bits per heavy atom. The standard InChI is InChI=1S/C14H30N2/c1-4-6-10-16(12(3)5-2)14-9-7-8-13(15)11-14/h12-14H,4-11,15H2,1-3H3. The molecule has 0 radical (unpaired) electrons. The van der Waals surface area contributed by atoms with Gasteiger partial charge in [-0.05, 0) is 45.6 Å². The predicted molar refractivity (Wildman–Crippen MR) is 71.6 cm³/mol. The number of rotatable bonds is 6. The second kappa shape index (κ2) is 7.29. The van der Waals surface area contributed by atoms with E-state index >= 15 is 0 Å². The van der Waals surface area contributed by atoms with E-state index in [0.717, 1.165) is 12.1 Å². The predicted octanol–water partition coefficient (Wildman–Crippen LogP) is 3.16. The van der Waals surface area contributed by atoms with E-state index in [-0.39, 0.29) is 0 Å². The normalized spacial score (nSPS) is 28.3. The molecule has 1 saturated carbocycles. The minimum Gasteiger partial charge on any atom is -0.328 e. The largest absolute Gasteiger partial charge is 0.328 e. The summed E-state index contributed by atoms with van der Waals surface area (Å²) in [5, 5.41) is 0. The van der Waals surface area contributed by atoms with Gasteiger partial charge in [0.15, 0.2) is 0 Å². The van der Waals surface area contributed by atoms with Gasteiger partial charge in [0.25, 0.3) is 0 Å². The van der Waals surface area contributed by atoms with Crippen LogP contribution in [0, 0.1) is 0 Å². The van der Waals surface area contributed by atoms with Crippen LogP contribution in [0.3, 0.4) is 0 Å². The minimum absolute atomic E-state index is 0.451. The van der Waals surface area contributed by atoms with Gasteiger partial charge in [0.1, 0.15) is 0 Å². The average Bonchev–Trinajstić information content (AvgIpc) is 2.29. The molecule has 0 bridgehead atoms. The summed E-state index contributed by atoms with van der Waals surface area (Å²) in [6, 6.07) is 1.93. The molecule has 0 aromatic rings. The summed E-state index contributed by atoms with van der Waals surface area (Å²) in [5.41, 5.74) is 6.11. The molecule has 2 N–H and O–H groups in total. The van der Waals surface area contributed by atoms with Crippen molar-refractivity contribution < 1.29 is 0 Å². The van der Waals surface area contributed by atoms with Crippen molar-refractivity contribution in [3.05, 3.63) is 0 Å². The molecule has 96 valence electrons. The Morgan fingerprint density at radius 2 is 2.06 bits per heavy atom. The summed E-state index contributed by atoms with van der Waals surface area (Å²) in [4.78, 5) is 2.72. The molecular formula is C14H30N2. The lowest BCUT2D eigenvalue weighted by Gasteiger charge is -2.40. The third-order valence-electron chi connectivity index (χ3n) is 4.08. The number of hydrogen-bond donors (Lipinski definition) is 1. The first kappa shape index (κ1) is 14.0. The summed E-state index contributed by atoms with van der Waals surface area (Å²) in [5.74, 6) is 0. The van der Waals surface area contributed by atoms with Gasteiger partial charge in [-0.1, -0.05) is 26.7 Å². The average molecular weight is 226 g/mol. The highest BCUT2D eigenvalue weighted by Gasteiger charge is 2.26. The van der Waals surface area contributed by atoms with Crippen molar-refractivity contribution in [3.63, 3.8) is 0 Å². The molecule has 2 heteroatoms. The highest BCUT2D eigenvalue weighted by Crippen LogP contribution is 2.24. The Hall–Kier alpha value is -0.0800. The topological polar surface area (TPSA) is 29.3 Å². The first-order valence-electron chi connectivity index (χ1n) is 7.20. The van der Waals surface area contributed by atoms with Gasteiger partial charge in [-0.25, -0.2) is 0 Å². The fourth-order valence-corrected chi connectivity index (χ4v) is 2.84. The smallest absolute Gasteiger partial charge is 0.0113 e. The Bertz CT molecular complexity index is 182. The van der Waals surface area contributed by atoms with Gasteiger partial charge in [0.2, 0.25) is 0 Å². The van der Waals surface area contributed by atoms with Crippen LogP contribution in [0.5, 0.6) is 0 Å². The first-order chi connectivity index (χ1) is 7.69. The van der Waals surface area contributed by atoms with Gasteiger partial charge in [-0.3, -0.25) is 4.90 Å². The molecular weight excluding hydrogens is 196 g/mol. The van der Waals surface area contributed by atoms with Gasteiger partial charge < -0.3 is 5.73 Å². The van der Waals surface area contributed by atoms with Gasteiger partial charge >= 0.3 is 0 Å². The van der Waals surface area contributed by atoms with E-state index in [2.05, 4.69) is 25.7 Å². The van der Waals surface area contributed by atoms with E-state index in [0.29, 0.717) is 6.04 Å². The molecule has 1 fully saturated rings. The van der Waals surface area contributed by atoms with E-state index in [1.54, 1.807) is 0 Å². The van der Waals surface area contributed by atoms with Gasteiger partial charge in [0.05, 0.1) is 0 Å². The van der Waals surface area contributed by atoms with Gasteiger partial charge in [0, 0.05) is 18.1 Å². The van der Waals surface area contributed by atoms with Crippen molar-refractivity contribution in [1.82, 2.24) is 4.90 Å². The zero-order valence-corrected chi connectivity index (χ0v) is 11.4. The van der Waals surface area contributed by atoms with Crippen LogP contribution in [0.2, 0.25) is 0 Å². The van der Waals surface area contributed by atoms with E-state index in [4.69, 9.17) is 5.73 Å². The number of hydrogen-bond acceptors (Lipinski definition) is 2. The Labute approximate surface area is 102 Å². The zero-order chi connectivity index (χ0) is 12.0. The van der Waals surface area contributed by atoms with Crippen molar-refractivity contribution in [3.8, 4) is 0 Å². The fourth-order valence-electron chi connectivity index (χ4n) is 2.84. The lowest BCUT2D eigenvalue weighted by Crippen LogP contribution is -2.47. The maximum absolute atomic E-state index is 6.11. The van der Waals surface area contributed by atoms with Crippen molar-refractivity contribution in [1.29, 1.82) is 0 Å². The molecule has 0 aliphatic heterocycles. The molecule has 0 aromatic carbocycles. The van der Waals surface area contributed by atoms with Crippen LogP contribution >= 0.6 is 0 Å². The number of nitrogens with zero attached hydrogens (tertiary/aromatic N) is 1. The molecule has 3 atom stereocenters. The van der Waals surface area contributed by atoms with E-state index in [9.17, 15) is 0 Å². The van der Waals surface area contributed by atoms with Crippen molar-refractivity contribution in [2.75, 3.05) is 6.54 Å². The highest BCUT2D eigenvalue weighted by atomic mass is 15.2. The second-order valence-electron chi connectivity index (χ2n) is 5.43. The van der Waals surface area contributed by atoms with Crippen LogP contribution < -0.4 is 5.73 Å². The molecule has 3 unspecified atom stereocenters. The SMILES string of the molecule is CCCCN(C(C)CC)C1CCCC(N)C1. The Kier molecular flexibility index (Phi) is 6.37. The number of nitrogens with two attached hydrogens (primary N) is 1. The lowest BCUT2D eigenvalue weighted by atomic mass is 9.89. The molecule has 16 heavy (non-hydrogen) atoms. The third-order valence-corrected chi connectivity index (χ3v) is 4.08. The van der Waals surface area contributed by atoms with E-state index < -0.39 is 0 Å². The van der Waals surface area contributed by atoms with Crippen molar-refractivity contribution in [2.24, 2.45) is 5.73 Å². The highest BCUT2D eigenvalue weighted by molar-refractivity contribution is 4.84. The molecule has 0 saturated heterocycles. The van der Waals surface area contributed by atoms with Crippen LogP contribution in [0.4, 0.5) is 0 Å². The molecule has 1 aliphatic rings. The third kappa shape index (κ3) is 4.06. The lowest BCUT2D eigenvalue weighted by molar-refractivity contribution is 0.102.